The molecule has 4 saturated heterocycles. The highest BCUT2D eigenvalue weighted by Gasteiger charge is 2.59. The van der Waals surface area contributed by atoms with E-state index in [1.165, 1.54) is 11.1 Å². The van der Waals surface area contributed by atoms with Crippen LogP contribution in [0.1, 0.15) is 71.4 Å². The largest absolute Gasteiger partial charge is 0.372 e. The van der Waals surface area contributed by atoms with Crippen molar-refractivity contribution in [2.24, 2.45) is 5.92 Å². The zero-order chi connectivity index (χ0) is 39.6. The molecule has 1 aliphatic carbocycles. The van der Waals surface area contributed by atoms with Gasteiger partial charge in [-0.05, 0) is 105 Å². The van der Waals surface area contributed by atoms with Crippen LogP contribution in [0.3, 0.4) is 0 Å². The molecule has 9 rings (SSSR count). The maximum atomic E-state index is 13.9. The summed E-state index contributed by atoms with van der Waals surface area (Å²) in [5, 5.41) is 12.1. The number of imide groups is 2. The van der Waals surface area contributed by atoms with Crippen molar-refractivity contribution < 1.29 is 24.0 Å². The number of rotatable bonds is 7. The third-order valence-electron chi connectivity index (χ3n) is 12.5. The number of carbonyl (C=O) groups excluding carboxylic acids is 5. The fraction of sp³-hybridized carbons (Fsp3) is 0.415. The Hall–Kier alpha value is -5.43. The molecule has 16 heteroatoms. The van der Waals surface area contributed by atoms with Gasteiger partial charge in [0.15, 0.2) is 10.8 Å². The molecule has 1 N–H and O–H groups in total. The van der Waals surface area contributed by atoms with Crippen LogP contribution in [-0.4, -0.2) is 107 Å². The molecule has 292 valence electrons. The van der Waals surface area contributed by atoms with E-state index in [0.29, 0.717) is 40.7 Å². The number of amides is 5. The normalized spacial score (nSPS) is 22.7. The molecule has 2 aromatic carbocycles. The van der Waals surface area contributed by atoms with E-state index in [1.54, 1.807) is 18.2 Å². The molecule has 5 fully saturated rings. The highest BCUT2D eigenvalue weighted by atomic mass is 35.5. The van der Waals surface area contributed by atoms with Crippen LogP contribution in [0.2, 0.25) is 5.02 Å². The number of anilines is 4. The number of hydrogen-bond donors (Lipinski definition) is 1. The van der Waals surface area contributed by atoms with Gasteiger partial charge in [0.25, 0.3) is 17.7 Å². The average molecular weight is 806 g/mol. The van der Waals surface area contributed by atoms with E-state index in [1.807, 2.05) is 17.0 Å². The standard InChI is InChI=1S/C41H40ClN9O5S/c42-32-21-29(23-44-33(32)22-43)49-39(56)41(12-1-13-41)51(40(49)57)27-4-2-26(3-5-27)47-14-10-25(11-15-47)24-46-16-18-48(19-17-46)28-6-7-30-31(20-28)38(55)50(37(30)54)34-8-9-35(52)45-36(34)53/h2-7,20-21,23,25,34H,1,8-19,24H2,(H,45,52,53). The van der Waals surface area contributed by atoms with Crippen LogP contribution in [0.15, 0.2) is 54.7 Å². The first kappa shape index (κ1) is 37.2. The van der Waals surface area contributed by atoms with E-state index in [-0.39, 0.29) is 29.5 Å². The zero-order valence-corrected chi connectivity index (χ0v) is 32.7. The highest BCUT2D eigenvalue weighted by Crippen LogP contribution is 2.48. The molecule has 6 heterocycles. The Labute approximate surface area is 339 Å². The van der Waals surface area contributed by atoms with Gasteiger partial charge in [-0.3, -0.25) is 44.0 Å². The summed E-state index contributed by atoms with van der Waals surface area (Å²) in [6.45, 7) is 6.31. The van der Waals surface area contributed by atoms with Gasteiger partial charge in [-0.1, -0.05) is 11.6 Å². The number of nitrogens with one attached hydrogen (secondary N) is 1. The Morgan fingerprint density at radius 3 is 2.14 bits per heavy atom. The first-order valence-corrected chi connectivity index (χ1v) is 20.3. The lowest BCUT2D eigenvalue weighted by Crippen LogP contribution is -2.55. The average Bonchev–Trinajstić information content (AvgIpc) is 3.59. The van der Waals surface area contributed by atoms with E-state index in [2.05, 4.69) is 49.3 Å². The minimum atomic E-state index is -0.976. The number of fused-ring (bicyclic) bond motifs is 1. The highest BCUT2D eigenvalue weighted by molar-refractivity contribution is 7.81. The van der Waals surface area contributed by atoms with Crippen molar-refractivity contribution in [2.45, 2.75) is 56.5 Å². The Balaban J connectivity index is 0.780. The van der Waals surface area contributed by atoms with Crippen LogP contribution in [0.4, 0.5) is 22.7 Å². The van der Waals surface area contributed by atoms with Gasteiger partial charge in [0, 0.05) is 69.3 Å². The van der Waals surface area contributed by atoms with E-state index in [9.17, 15) is 29.2 Å². The number of piperidine rings is 2. The number of pyridine rings is 1. The number of nitrogens with zero attached hydrogens (tertiary/aromatic N) is 8. The minimum absolute atomic E-state index is 0.0889. The van der Waals surface area contributed by atoms with Gasteiger partial charge in [-0.25, -0.2) is 4.98 Å². The molecular weight excluding hydrogens is 766 g/mol. The maximum Gasteiger partial charge on any atom is 0.262 e. The van der Waals surface area contributed by atoms with Crippen LogP contribution in [0.25, 0.3) is 0 Å². The fourth-order valence-electron chi connectivity index (χ4n) is 9.24. The summed E-state index contributed by atoms with van der Waals surface area (Å²) in [6, 6.07) is 16.2. The number of aromatic nitrogens is 1. The van der Waals surface area contributed by atoms with E-state index >= 15 is 0 Å². The molecule has 1 spiro atoms. The predicted molar refractivity (Wildman–Crippen MR) is 216 cm³/mol. The lowest BCUT2D eigenvalue weighted by molar-refractivity contribution is -0.136. The lowest BCUT2D eigenvalue weighted by Gasteiger charge is -2.43. The Morgan fingerprint density at radius 1 is 0.825 bits per heavy atom. The predicted octanol–water partition coefficient (Wildman–Crippen LogP) is 4.11. The number of nitriles is 1. The molecule has 14 nitrogen and oxygen atoms in total. The molecule has 1 aromatic heterocycles. The van der Waals surface area contributed by atoms with Crippen LogP contribution in [-0.2, 0) is 14.4 Å². The molecule has 5 amide bonds. The topological polar surface area (TPSA) is 154 Å². The first-order chi connectivity index (χ1) is 27.6. The van der Waals surface area contributed by atoms with E-state index in [4.69, 9.17) is 23.8 Å². The van der Waals surface area contributed by atoms with Crippen LogP contribution in [0, 0.1) is 17.2 Å². The number of benzene rings is 2. The SMILES string of the molecule is N#Cc1ncc(N2C(=O)C3(CCC3)N(c3ccc(N4CCC(CN5CCN(c6ccc7c(c6)C(=O)N(C6CCC(=O)NC6=O)C7=O)CC5)CC4)cc3)C2=S)cc1Cl. The Morgan fingerprint density at radius 2 is 1.49 bits per heavy atom. The molecule has 0 bridgehead atoms. The Kier molecular flexibility index (Phi) is 9.45. The number of thiocarbonyl (C=S) groups is 1. The fourth-order valence-corrected chi connectivity index (χ4v) is 9.91. The smallest absolute Gasteiger partial charge is 0.262 e. The molecule has 1 unspecified atom stereocenters. The van der Waals surface area contributed by atoms with Crippen LogP contribution < -0.4 is 24.9 Å². The van der Waals surface area contributed by atoms with Crippen molar-refractivity contribution in [2.75, 3.05) is 65.4 Å². The number of carbonyl (C=O) groups is 5. The van der Waals surface area contributed by atoms with Crippen molar-refractivity contribution >= 4 is 81.2 Å². The quantitative estimate of drug-likeness (QED) is 0.270. The van der Waals surface area contributed by atoms with Gasteiger partial charge in [-0.2, -0.15) is 5.26 Å². The van der Waals surface area contributed by atoms with Gasteiger partial charge < -0.3 is 14.7 Å². The maximum absolute atomic E-state index is 13.9. The summed E-state index contributed by atoms with van der Waals surface area (Å²) in [6.07, 6.45) is 6.20. The van der Waals surface area contributed by atoms with Gasteiger partial charge in [0.1, 0.15) is 17.6 Å². The molecule has 5 aliphatic heterocycles. The minimum Gasteiger partial charge on any atom is -0.372 e. The monoisotopic (exact) mass is 805 g/mol. The molecule has 1 atom stereocenters. The molecular formula is C41H40ClN9O5S. The zero-order valence-electron chi connectivity index (χ0n) is 31.2. The summed E-state index contributed by atoms with van der Waals surface area (Å²) in [5.74, 6) is -1.50. The Bertz CT molecular complexity index is 2260. The molecule has 57 heavy (non-hydrogen) atoms. The summed E-state index contributed by atoms with van der Waals surface area (Å²) in [7, 11) is 0. The van der Waals surface area contributed by atoms with Crippen LogP contribution >= 0.6 is 23.8 Å². The van der Waals surface area contributed by atoms with Gasteiger partial charge in [-0.15, -0.1) is 0 Å². The summed E-state index contributed by atoms with van der Waals surface area (Å²) >= 11 is 12.2. The third kappa shape index (κ3) is 6.30. The lowest BCUT2D eigenvalue weighted by atomic mass is 9.75. The van der Waals surface area contributed by atoms with Gasteiger partial charge in [0.05, 0.1) is 28.0 Å². The summed E-state index contributed by atoms with van der Waals surface area (Å²) < 4.78 is 0. The van der Waals surface area contributed by atoms with Crippen molar-refractivity contribution in [3.05, 3.63) is 76.6 Å². The van der Waals surface area contributed by atoms with Gasteiger partial charge in [0.2, 0.25) is 11.8 Å². The van der Waals surface area contributed by atoms with Crippen molar-refractivity contribution in [3.8, 4) is 6.07 Å². The summed E-state index contributed by atoms with van der Waals surface area (Å²) in [4.78, 5) is 80.2. The third-order valence-corrected chi connectivity index (χ3v) is 13.2. The van der Waals surface area contributed by atoms with Gasteiger partial charge >= 0.3 is 0 Å². The molecule has 6 aliphatic rings. The number of piperazine rings is 1. The van der Waals surface area contributed by atoms with Crippen molar-refractivity contribution in [1.29, 1.82) is 5.26 Å². The van der Waals surface area contributed by atoms with Crippen molar-refractivity contribution in [3.63, 3.8) is 0 Å². The second-order valence-electron chi connectivity index (χ2n) is 15.7. The van der Waals surface area contributed by atoms with E-state index < -0.39 is 35.2 Å². The molecule has 3 aromatic rings. The summed E-state index contributed by atoms with van der Waals surface area (Å²) in [5.41, 5.74) is 3.31. The molecule has 0 radical (unpaired) electrons. The number of hydrogen-bond acceptors (Lipinski definition) is 11. The van der Waals surface area contributed by atoms with E-state index in [0.717, 1.165) is 87.0 Å². The molecule has 1 saturated carbocycles. The second kappa shape index (κ2) is 14.5. The van der Waals surface area contributed by atoms with Crippen LogP contribution in [0.5, 0.6) is 0 Å². The van der Waals surface area contributed by atoms with Crippen molar-refractivity contribution in [1.82, 2.24) is 20.1 Å². The number of halogens is 1. The second-order valence-corrected chi connectivity index (χ2v) is 16.5. The first-order valence-electron chi connectivity index (χ1n) is 19.5.